The lowest BCUT2D eigenvalue weighted by Gasteiger charge is -2.17. The fourth-order valence-electron chi connectivity index (χ4n) is 2.71. The zero-order chi connectivity index (χ0) is 16.7. The summed E-state index contributed by atoms with van der Waals surface area (Å²) in [6.45, 7) is 4.59. The smallest absolute Gasteiger partial charge is 0.319 e. The summed E-state index contributed by atoms with van der Waals surface area (Å²) in [6.07, 6.45) is 0.619. The van der Waals surface area contributed by atoms with Crippen LogP contribution in [-0.2, 0) is 0 Å². The van der Waals surface area contributed by atoms with E-state index in [4.69, 9.17) is 0 Å². The number of hydrogen-bond acceptors (Lipinski definition) is 2. The predicted octanol–water partition coefficient (Wildman–Crippen LogP) is 3.59. The maximum absolute atomic E-state index is 12.1. The minimum atomic E-state index is -0.228. The topological polar surface area (TPSA) is 61.4 Å². The van der Waals surface area contributed by atoms with Crippen molar-refractivity contribution in [1.82, 2.24) is 5.32 Å². The van der Waals surface area contributed by atoms with Crippen molar-refractivity contribution in [2.24, 2.45) is 0 Å². The molecule has 0 radical (unpaired) electrons. The van der Waals surface area contributed by atoms with E-state index in [9.17, 15) is 9.90 Å². The average Bonchev–Trinajstić information content (AvgIpc) is 2.51. The SMILES string of the molecule is Cc1cc(C)cc(NC(=O)NCC(CCO)c2ccccc2)c1. The Balaban J connectivity index is 1.93. The van der Waals surface area contributed by atoms with Gasteiger partial charge in [-0.3, -0.25) is 0 Å². The second-order valence-electron chi connectivity index (χ2n) is 5.83. The van der Waals surface area contributed by atoms with Crippen molar-refractivity contribution in [3.8, 4) is 0 Å². The molecule has 0 aliphatic heterocycles. The van der Waals surface area contributed by atoms with Crippen molar-refractivity contribution in [2.45, 2.75) is 26.2 Å². The highest BCUT2D eigenvalue weighted by Gasteiger charge is 2.12. The van der Waals surface area contributed by atoms with Gasteiger partial charge < -0.3 is 15.7 Å². The molecule has 1 unspecified atom stereocenters. The molecular weight excluding hydrogens is 288 g/mol. The molecule has 0 saturated carbocycles. The van der Waals surface area contributed by atoms with Gasteiger partial charge in [0, 0.05) is 24.8 Å². The second kappa shape index (κ2) is 8.34. The zero-order valence-corrected chi connectivity index (χ0v) is 13.7. The molecule has 122 valence electrons. The van der Waals surface area contributed by atoms with Crippen LogP contribution >= 0.6 is 0 Å². The van der Waals surface area contributed by atoms with E-state index in [1.54, 1.807) is 0 Å². The van der Waals surface area contributed by atoms with Crippen LogP contribution in [0, 0.1) is 13.8 Å². The number of aliphatic hydroxyl groups excluding tert-OH is 1. The molecule has 0 bridgehead atoms. The second-order valence-corrected chi connectivity index (χ2v) is 5.83. The molecule has 0 aliphatic rings. The lowest BCUT2D eigenvalue weighted by atomic mass is 9.96. The van der Waals surface area contributed by atoms with Gasteiger partial charge in [0.1, 0.15) is 0 Å². The first-order valence-electron chi connectivity index (χ1n) is 7.87. The Kier molecular flexibility index (Phi) is 6.18. The Labute approximate surface area is 137 Å². The Morgan fingerprint density at radius 1 is 1.09 bits per heavy atom. The molecule has 23 heavy (non-hydrogen) atoms. The number of carbonyl (C=O) groups is 1. The summed E-state index contributed by atoms with van der Waals surface area (Å²) in [5.74, 6) is 0.103. The van der Waals surface area contributed by atoms with Crippen LogP contribution in [0.4, 0.5) is 10.5 Å². The molecular formula is C19H24N2O2. The number of rotatable bonds is 6. The predicted molar refractivity (Wildman–Crippen MR) is 93.8 cm³/mol. The molecule has 0 aromatic heterocycles. The maximum Gasteiger partial charge on any atom is 0.319 e. The van der Waals surface area contributed by atoms with Gasteiger partial charge in [0.25, 0.3) is 0 Å². The van der Waals surface area contributed by atoms with Crippen LogP contribution in [0.5, 0.6) is 0 Å². The highest BCUT2D eigenvalue weighted by Crippen LogP contribution is 2.18. The quantitative estimate of drug-likeness (QED) is 0.763. The number of urea groups is 1. The van der Waals surface area contributed by atoms with Crippen molar-refractivity contribution in [1.29, 1.82) is 0 Å². The standard InChI is InChI=1S/C19H24N2O2/c1-14-10-15(2)12-18(11-14)21-19(23)20-13-17(8-9-22)16-6-4-3-5-7-16/h3-7,10-12,17,22H,8-9,13H2,1-2H3,(H2,20,21,23). The number of aryl methyl sites for hydroxylation is 2. The molecule has 0 aliphatic carbocycles. The van der Waals surface area contributed by atoms with Crippen LogP contribution in [0.3, 0.4) is 0 Å². The summed E-state index contributed by atoms with van der Waals surface area (Å²) in [5.41, 5.74) is 4.14. The molecule has 0 fully saturated rings. The van der Waals surface area contributed by atoms with Gasteiger partial charge in [0.2, 0.25) is 0 Å². The Hall–Kier alpha value is -2.33. The number of aliphatic hydroxyl groups is 1. The van der Waals surface area contributed by atoms with Gasteiger partial charge >= 0.3 is 6.03 Å². The Morgan fingerprint density at radius 2 is 1.74 bits per heavy atom. The van der Waals surface area contributed by atoms with Crippen molar-refractivity contribution in [2.75, 3.05) is 18.5 Å². The van der Waals surface area contributed by atoms with Gasteiger partial charge in [-0.1, -0.05) is 36.4 Å². The molecule has 3 N–H and O–H groups in total. The summed E-state index contributed by atoms with van der Waals surface area (Å²) in [6, 6.07) is 15.6. The van der Waals surface area contributed by atoms with Crippen molar-refractivity contribution in [3.63, 3.8) is 0 Å². The third-order valence-corrected chi connectivity index (χ3v) is 3.74. The van der Waals surface area contributed by atoms with Crippen LogP contribution in [-0.4, -0.2) is 24.3 Å². The van der Waals surface area contributed by atoms with Crippen LogP contribution < -0.4 is 10.6 Å². The van der Waals surface area contributed by atoms with Crippen LogP contribution in [0.1, 0.15) is 29.0 Å². The zero-order valence-electron chi connectivity index (χ0n) is 13.7. The van der Waals surface area contributed by atoms with Gasteiger partial charge in [-0.25, -0.2) is 4.79 Å². The number of anilines is 1. The van der Waals surface area contributed by atoms with Crippen LogP contribution in [0.15, 0.2) is 48.5 Å². The number of amides is 2. The molecule has 2 aromatic rings. The average molecular weight is 312 g/mol. The third kappa shape index (κ3) is 5.42. The number of benzene rings is 2. The van der Waals surface area contributed by atoms with Crippen LogP contribution in [0.2, 0.25) is 0 Å². The van der Waals surface area contributed by atoms with Crippen LogP contribution in [0.25, 0.3) is 0 Å². The van der Waals surface area contributed by atoms with E-state index in [-0.39, 0.29) is 18.6 Å². The molecule has 1 atom stereocenters. The fourth-order valence-corrected chi connectivity index (χ4v) is 2.71. The number of hydrogen-bond donors (Lipinski definition) is 3. The molecule has 2 aromatic carbocycles. The van der Waals surface area contributed by atoms with E-state index in [1.165, 1.54) is 0 Å². The number of carbonyl (C=O) groups excluding carboxylic acids is 1. The lowest BCUT2D eigenvalue weighted by molar-refractivity contribution is 0.248. The van der Waals surface area contributed by atoms with E-state index < -0.39 is 0 Å². The van der Waals surface area contributed by atoms with Gasteiger partial charge in [-0.05, 0) is 49.1 Å². The summed E-state index contributed by atoms with van der Waals surface area (Å²) in [7, 11) is 0. The van der Waals surface area contributed by atoms with E-state index in [1.807, 2.05) is 56.3 Å². The Morgan fingerprint density at radius 3 is 2.35 bits per heavy atom. The van der Waals surface area contributed by atoms with Crippen molar-refractivity contribution < 1.29 is 9.90 Å². The minimum absolute atomic E-state index is 0.0972. The van der Waals surface area contributed by atoms with Crippen molar-refractivity contribution in [3.05, 3.63) is 65.2 Å². The first kappa shape index (κ1) is 17.0. The van der Waals surface area contributed by atoms with E-state index >= 15 is 0 Å². The third-order valence-electron chi connectivity index (χ3n) is 3.74. The normalized spacial score (nSPS) is 11.8. The summed E-state index contributed by atoms with van der Waals surface area (Å²) in [4.78, 5) is 12.1. The van der Waals surface area contributed by atoms with Crippen molar-refractivity contribution >= 4 is 11.7 Å². The first-order chi connectivity index (χ1) is 11.1. The van der Waals surface area contributed by atoms with Gasteiger partial charge in [-0.2, -0.15) is 0 Å². The lowest BCUT2D eigenvalue weighted by Crippen LogP contribution is -2.32. The molecule has 4 nitrogen and oxygen atoms in total. The largest absolute Gasteiger partial charge is 0.396 e. The maximum atomic E-state index is 12.1. The fraction of sp³-hybridized carbons (Fsp3) is 0.316. The Bertz CT molecular complexity index is 621. The van der Waals surface area contributed by atoms with Gasteiger partial charge in [0.05, 0.1) is 0 Å². The van der Waals surface area contributed by atoms with E-state index in [2.05, 4.69) is 16.7 Å². The van der Waals surface area contributed by atoms with Gasteiger partial charge in [-0.15, -0.1) is 0 Å². The highest BCUT2D eigenvalue weighted by atomic mass is 16.3. The summed E-state index contributed by atoms with van der Waals surface area (Å²) in [5, 5.41) is 15.0. The molecule has 0 spiro atoms. The molecule has 0 saturated heterocycles. The molecule has 0 heterocycles. The first-order valence-corrected chi connectivity index (χ1v) is 7.87. The minimum Gasteiger partial charge on any atom is -0.396 e. The van der Waals surface area contributed by atoms with Gasteiger partial charge in [0.15, 0.2) is 0 Å². The monoisotopic (exact) mass is 312 g/mol. The molecule has 4 heteroatoms. The highest BCUT2D eigenvalue weighted by molar-refractivity contribution is 5.89. The molecule has 2 rings (SSSR count). The van der Waals surface area contributed by atoms with E-state index in [0.717, 1.165) is 22.4 Å². The molecule has 2 amide bonds. The summed E-state index contributed by atoms with van der Waals surface area (Å²) < 4.78 is 0. The summed E-state index contributed by atoms with van der Waals surface area (Å²) >= 11 is 0. The number of nitrogens with one attached hydrogen (secondary N) is 2. The van der Waals surface area contributed by atoms with E-state index in [0.29, 0.717) is 13.0 Å².